The van der Waals surface area contributed by atoms with Crippen LogP contribution in [0.1, 0.15) is 11.1 Å². The highest BCUT2D eigenvalue weighted by atomic mass is 19.1. The highest BCUT2D eigenvalue weighted by Crippen LogP contribution is 2.34. The maximum absolute atomic E-state index is 13.9. The van der Waals surface area contributed by atoms with Gasteiger partial charge in [-0.2, -0.15) is 0 Å². The van der Waals surface area contributed by atoms with Crippen molar-refractivity contribution in [2.45, 2.75) is 13.8 Å². The van der Waals surface area contributed by atoms with Gasteiger partial charge in [-0.1, -0.05) is 30.3 Å². The second-order valence-corrected chi connectivity index (χ2v) is 8.56. The lowest BCUT2D eigenvalue weighted by Gasteiger charge is -2.13. The molecule has 6 heteroatoms. The van der Waals surface area contributed by atoms with Crippen molar-refractivity contribution in [1.29, 1.82) is 0 Å². The van der Waals surface area contributed by atoms with Gasteiger partial charge in [-0.25, -0.2) is 8.78 Å². The number of halogens is 2. The lowest BCUT2D eigenvalue weighted by atomic mass is 10.2. The Morgan fingerprint density at radius 2 is 0.684 bits per heavy atom. The van der Waals surface area contributed by atoms with Crippen molar-refractivity contribution in [3.63, 3.8) is 0 Å². The largest absolute Gasteiger partial charge is 0.457 e. The molecule has 0 radical (unpaired) electrons. The summed E-state index contributed by atoms with van der Waals surface area (Å²) in [5.74, 6) is 3.49. The van der Waals surface area contributed by atoms with Crippen molar-refractivity contribution < 1.29 is 27.7 Å². The summed E-state index contributed by atoms with van der Waals surface area (Å²) in [7, 11) is 0. The van der Waals surface area contributed by atoms with Crippen LogP contribution < -0.4 is 18.9 Å². The van der Waals surface area contributed by atoms with Gasteiger partial charge in [0.1, 0.15) is 57.6 Å². The summed E-state index contributed by atoms with van der Waals surface area (Å²) in [6.45, 7) is 3.34. The van der Waals surface area contributed by atoms with Gasteiger partial charge >= 0.3 is 0 Å². The van der Waals surface area contributed by atoms with Crippen molar-refractivity contribution in [2.75, 3.05) is 0 Å². The Morgan fingerprint density at radius 3 is 1.03 bits per heavy atom. The number of benzene rings is 5. The minimum atomic E-state index is -0.326. The molecular formula is C32H24F2O4. The van der Waals surface area contributed by atoms with Gasteiger partial charge in [0.05, 0.1) is 0 Å². The molecule has 0 unspecified atom stereocenters. The first-order valence-corrected chi connectivity index (χ1v) is 12.0. The van der Waals surface area contributed by atoms with Gasteiger partial charge in [0.15, 0.2) is 0 Å². The van der Waals surface area contributed by atoms with E-state index >= 15 is 0 Å². The fourth-order valence-corrected chi connectivity index (χ4v) is 3.73. The van der Waals surface area contributed by atoms with Crippen LogP contribution >= 0.6 is 0 Å². The predicted octanol–water partition coefficient (Wildman–Crippen LogP) is 9.75. The molecule has 0 aromatic heterocycles. The number of ether oxygens (including phenoxy) is 4. The van der Waals surface area contributed by atoms with Crippen LogP contribution in [0.3, 0.4) is 0 Å². The van der Waals surface area contributed by atoms with Crippen LogP contribution in [0.5, 0.6) is 46.0 Å². The third-order valence-corrected chi connectivity index (χ3v) is 5.78. The van der Waals surface area contributed by atoms with E-state index in [-0.39, 0.29) is 11.6 Å². The third kappa shape index (κ3) is 5.93. The molecule has 0 aliphatic carbocycles. The Balaban J connectivity index is 1.28. The van der Waals surface area contributed by atoms with Gasteiger partial charge in [-0.15, -0.1) is 0 Å². The summed E-state index contributed by atoms with van der Waals surface area (Å²) in [5, 5.41) is 0. The Bertz CT molecular complexity index is 1470. The maximum Gasteiger partial charge on any atom is 0.133 e. The van der Waals surface area contributed by atoms with Gasteiger partial charge in [0, 0.05) is 29.3 Å². The van der Waals surface area contributed by atoms with E-state index in [1.807, 2.05) is 18.2 Å². The molecule has 0 saturated carbocycles. The molecule has 0 fully saturated rings. The first-order valence-electron chi connectivity index (χ1n) is 12.0. The summed E-state index contributed by atoms with van der Waals surface area (Å²) in [6.07, 6.45) is 0. The zero-order valence-corrected chi connectivity index (χ0v) is 20.8. The van der Waals surface area contributed by atoms with Crippen molar-refractivity contribution in [2.24, 2.45) is 0 Å². The van der Waals surface area contributed by atoms with Crippen molar-refractivity contribution in [3.05, 3.63) is 132 Å². The van der Waals surface area contributed by atoms with Crippen molar-refractivity contribution >= 4 is 0 Å². The molecule has 0 saturated heterocycles. The molecule has 4 nitrogen and oxygen atoms in total. The molecule has 0 spiro atoms. The molecule has 0 aliphatic heterocycles. The van der Waals surface area contributed by atoms with Crippen LogP contribution in [0.2, 0.25) is 0 Å². The van der Waals surface area contributed by atoms with E-state index in [9.17, 15) is 8.78 Å². The summed E-state index contributed by atoms with van der Waals surface area (Å²) in [5.41, 5.74) is 0.869. The first-order chi connectivity index (χ1) is 18.4. The van der Waals surface area contributed by atoms with Crippen molar-refractivity contribution in [1.82, 2.24) is 0 Å². The number of hydrogen-bond donors (Lipinski definition) is 0. The lowest BCUT2D eigenvalue weighted by Crippen LogP contribution is -1.92. The Kier molecular flexibility index (Phi) is 7.22. The van der Waals surface area contributed by atoms with Crippen LogP contribution in [-0.2, 0) is 0 Å². The molecule has 0 amide bonds. The van der Waals surface area contributed by atoms with E-state index in [0.717, 1.165) is 0 Å². The van der Waals surface area contributed by atoms with Gasteiger partial charge in [0.25, 0.3) is 0 Å². The van der Waals surface area contributed by atoms with E-state index in [1.54, 1.807) is 92.7 Å². The molecule has 0 bridgehead atoms. The molecule has 0 aliphatic rings. The van der Waals surface area contributed by atoms with Crippen LogP contribution in [-0.4, -0.2) is 0 Å². The van der Waals surface area contributed by atoms with Crippen LogP contribution in [0.4, 0.5) is 8.78 Å². The second kappa shape index (κ2) is 11.0. The standard InChI is InChI=1S/C32H24F2O4/c1-21-29(33)14-6-16-31(21)37-27-12-4-10-25(19-27)35-23-8-3-9-24(18-23)36-26-11-5-13-28(20-26)38-32-17-7-15-30(34)22(32)2/h3-20H,1-2H3. The van der Waals surface area contributed by atoms with Gasteiger partial charge in [-0.05, 0) is 74.5 Å². The van der Waals surface area contributed by atoms with Gasteiger partial charge < -0.3 is 18.9 Å². The van der Waals surface area contributed by atoms with Crippen molar-refractivity contribution in [3.8, 4) is 46.0 Å². The average Bonchev–Trinajstić information content (AvgIpc) is 2.90. The Morgan fingerprint density at radius 1 is 0.395 bits per heavy atom. The Hall–Kier alpha value is -4.84. The zero-order chi connectivity index (χ0) is 26.5. The molecule has 0 heterocycles. The van der Waals surface area contributed by atoms with Crippen LogP contribution in [0.15, 0.2) is 109 Å². The van der Waals surface area contributed by atoms with Crippen LogP contribution in [0, 0.1) is 25.5 Å². The number of rotatable bonds is 8. The molecule has 190 valence electrons. The zero-order valence-electron chi connectivity index (χ0n) is 20.8. The molecule has 5 aromatic rings. The minimum Gasteiger partial charge on any atom is -0.457 e. The highest BCUT2D eigenvalue weighted by molar-refractivity contribution is 5.45. The minimum absolute atomic E-state index is 0.326. The van der Waals surface area contributed by atoms with E-state index in [4.69, 9.17) is 18.9 Å². The monoisotopic (exact) mass is 510 g/mol. The van der Waals surface area contributed by atoms with Gasteiger partial charge in [-0.3, -0.25) is 0 Å². The molecule has 5 rings (SSSR count). The molecule has 5 aromatic carbocycles. The molecule has 38 heavy (non-hydrogen) atoms. The van der Waals surface area contributed by atoms with Gasteiger partial charge in [0.2, 0.25) is 0 Å². The molecule has 0 atom stereocenters. The fraction of sp³-hybridized carbons (Fsp3) is 0.0625. The quantitative estimate of drug-likeness (QED) is 0.208. The van der Waals surface area contributed by atoms with E-state index < -0.39 is 0 Å². The summed E-state index contributed by atoms with van der Waals surface area (Å²) >= 11 is 0. The summed E-state index contributed by atoms with van der Waals surface area (Å²) < 4.78 is 51.5. The summed E-state index contributed by atoms with van der Waals surface area (Å²) in [4.78, 5) is 0. The molecular weight excluding hydrogens is 486 g/mol. The van der Waals surface area contributed by atoms with Crippen LogP contribution in [0.25, 0.3) is 0 Å². The van der Waals surface area contributed by atoms with E-state index in [0.29, 0.717) is 57.1 Å². The van der Waals surface area contributed by atoms with E-state index in [2.05, 4.69) is 0 Å². The second-order valence-electron chi connectivity index (χ2n) is 8.56. The first kappa shape index (κ1) is 24.8. The average molecular weight is 511 g/mol. The Labute approximate surface area is 219 Å². The van der Waals surface area contributed by atoms with E-state index in [1.165, 1.54) is 12.1 Å². The SMILES string of the molecule is Cc1c(F)cccc1Oc1cccc(Oc2cccc(Oc3cccc(Oc4cccc(F)c4C)c3)c2)c1. The highest BCUT2D eigenvalue weighted by Gasteiger charge is 2.09. The molecule has 0 N–H and O–H groups in total. The smallest absolute Gasteiger partial charge is 0.133 e. The fourth-order valence-electron chi connectivity index (χ4n) is 3.73. The topological polar surface area (TPSA) is 36.9 Å². The maximum atomic E-state index is 13.9. The summed E-state index contributed by atoms with van der Waals surface area (Å²) in [6, 6.07) is 30.8. The normalized spacial score (nSPS) is 10.6. The third-order valence-electron chi connectivity index (χ3n) is 5.78. The lowest BCUT2D eigenvalue weighted by molar-refractivity contribution is 0.444. The predicted molar refractivity (Wildman–Crippen MR) is 142 cm³/mol. The number of hydrogen-bond acceptors (Lipinski definition) is 4.